The van der Waals surface area contributed by atoms with E-state index in [4.69, 9.17) is 0 Å². The second-order valence-electron chi connectivity index (χ2n) is 9.15. The Balaban J connectivity index is 1.24. The summed E-state index contributed by atoms with van der Waals surface area (Å²) < 4.78 is 39.0. The van der Waals surface area contributed by atoms with Gasteiger partial charge in [-0.15, -0.1) is 0 Å². The molecule has 5 rings (SSSR count). The first-order chi connectivity index (χ1) is 18.1. The zero-order chi connectivity index (χ0) is 27.0. The molecular formula is C26H21F3N6O3. The number of piperazine rings is 1. The summed E-state index contributed by atoms with van der Waals surface area (Å²) in [5, 5.41) is 23.5. The largest absolute Gasteiger partial charge is 0.416 e. The van der Waals surface area contributed by atoms with Crippen LogP contribution in [-0.4, -0.2) is 46.9 Å². The highest BCUT2D eigenvalue weighted by atomic mass is 19.4. The maximum Gasteiger partial charge on any atom is 0.416 e. The summed E-state index contributed by atoms with van der Waals surface area (Å²) in [7, 11) is 0. The molecule has 194 valence electrons. The molecule has 1 N–H and O–H groups in total. The van der Waals surface area contributed by atoms with E-state index in [1.807, 2.05) is 6.07 Å². The molecule has 0 radical (unpaired) electrons. The van der Waals surface area contributed by atoms with E-state index in [1.165, 1.54) is 0 Å². The summed E-state index contributed by atoms with van der Waals surface area (Å²) in [5.74, 6) is -0.806. The number of hydrogen-bond donors (Lipinski definition) is 1. The van der Waals surface area contributed by atoms with Gasteiger partial charge in [0.15, 0.2) is 0 Å². The molecule has 3 aromatic rings. The van der Waals surface area contributed by atoms with Crippen molar-refractivity contribution >= 4 is 23.0 Å². The van der Waals surface area contributed by atoms with E-state index < -0.39 is 28.3 Å². The van der Waals surface area contributed by atoms with E-state index in [0.717, 1.165) is 17.7 Å². The lowest BCUT2D eigenvalue weighted by molar-refractivity contribution is -0.384. The van der Waals surface area contributed by atoms with Gasteiger partial charge in [0, 0.05) is 50.7 Å². The zero-order valence-electron chi connectivity index (χ0n) is 19.9. The van der Waals surface area contributed by atoms with E-state index in [-0.39, 0.29) is 11.6 Å². The molecular weight excluding hydrogens is 501 g/mol. The number of fused-ring (bicyclic) bond motifs is 1. The SMILES string of the molecule is N#Cc1ccc2c(c1)C(c1ccc(CN3CCN(c4ccc(C(F)(F)F)cc4[N+](=O)[O-])CC3)cn1)C(=O)N2. The van der Waals surface area contributed by atoms with Crippen molar-refractivity contribution in [3.8, 4) is 6.07 Å². The Kier molecular flexibility index (Phi) is 6.46. The van der Waals surface area contributed by atoms with Crippen LogP contribution in [-0.2, 0) is 17.5 Å². The number of nitrogens with zero attached hydrogens (tertiary/aromatic N) is 5. The maximum atomic E-state index is 13.0. The van der Waals surface area contributed by atoms with E-state index in [1.54, 1.807) is 35.4 Å². The van der Waals surface area contributed by atoms with Crippen molar-refractivity contribution in [2.75, 3.05) is 36.4 Å². The Morgan fingerprint density at radius 3 is 2.50 bits per heavy atom. The van der Waals surface area contributed by atoms with Crippen LogP contribution in [0.25, 0.3) is 0 Å². The molecule has 2 aliphatic rings. The number of benzene rings is 2. The van der Waals surface area contributed by atoms with Gasteiger partial charge in [-0.25, -0.2) is 0 Å². The number of nitrogens with one attached hydrogen (secondary N) is 1. The van der Waals surface area contributed by atoms with Crippen LogP contribution in [0.5, 0.6) is 0 Å². The maximum absolute atomic E-state index is 13.0. The van der Waals surface area contributed by atoms with Crippen molar-refractivity contribution in [2.45, 2.75) is 18.6 Å². The number of alkyl halides is 3. The van der Waals surface area contributed by atoms with Crippen molar-refractivity contribution in [1.29, 1.82) is 5.26 Å². The fourth-order valence-corrected chi connectivity index (χ4v) is 4.84. The monoisotopic (exact) mass is 522 g/mol. The van der Waals surface area contributed by atoms with Crippen LogP contribution in [0.3, 0.4) is 0 Å². The Bertz CT molecular complexity index is 1440. The number of anilines is 2. The number of carbonyl (C=O) groups is 1. The fourth-order valence-electron chi connectivity index (χ4n) is 4.84. The molecule has 38 heavy (non-hydrogen) atoms. The second-order valence-corrected chi connectivity index (χ2v) is 9.15. The Morgan fingerprint density at radius 2 is 1.87 bits per heavy atom. The number of rotatable bonds is 5. The van der Waals surface area contributed by atoms with E-state index in [0.29, 0.717) is 61.3 Å². The predicted octanol–water partition coefficient (Wildman–Crippen LogP) is 4.29. The van der Waals surface area contributed by atoms with Gasteiger partial charge < -0.3 is 10.2 Å². The molecule has 1 amide bonds. The van der Waals surface area contributed by atoms with Gasteiger partial charge in [-0.05, 0) is 47.5 Å². The van der Waals surface area contributed by atoms with Gasteiger partial charge in [0.2, 0.25) is 5.91 Å². The molecule has 9 nitrogen and oxygen atoms in total. The van der Waals surface area contributed by atoms with Gasteiger partial charge in [0.25, 0.3) is 5.69 Å². The molecule has 0 spiro atoms. The lowest BCUT2D eigenvalue weighted by atomic mass is 9.95. The number of aromatic nitrogens is 1. The van der Waals surface area contributed by atoms with Crippen LogP contribution in [0.1, 0.15) is 33.9 Å². The first-order valence-corrected chi connectivity index (χ1v) is 11.8. The van der Waals surface area contributed by atoms with Crippen molar-refractivity contribution in [3.05, 3.63) is 92.8 Å². The van der Waals surface area contributed by atoms with Gasteiger partial charge in [-0.3, -0.25) is 24.8 Å². The summed E-state index contributed by atoms with van der Waals surface area (Å²) in [6.45, 7) is 2.49. The molecule has 1 fully saturated rings. The van der Waals surface area contributed by atoms with E-state index in [9.17, 15) is 33.3 Å². The molecule has 12 heteroatoms. The van der Waals surface area contributed by atoms with Crippen LogP contribution < -0.4 is 10.2 Å². The molecule has 3 heterocycles. The Morgan fingerprint density at radius 1 is 1.11 bits per heavy atom. The molecule has 2 aromatic carbocycles. The molecule has 1 saturated heterocycles. The van der Waals surface area contributed by atoms with Gasteiger partial charge in [-0.2, -0.15) is 18.4 Å². The van der Waals surface area contributed by atoms with E-state index in [2.05, 4.69) is 21.3 Å². The number of pyridine rings is 1. The van der Waals surface area contributed by atoms with Crippen LogP contribution in [0.2, 0.25) is 0 Å². The summed E-state index contributed by atoms with van der Waals surface area (Å²) in [4.78, 5) is 31.6. The predicted molar refractivity (Wildman–Crippen MR) is 131 cm³/mol. The first-order valence-electron chi connectivity index (χ1n) is 11.8. The highest BCUT2D eigenvalue weighted by Gasteiger charge is 2.35. The molecule has 0 aliphatic carbocycles. The third kappa shape index (κ3) is 4.88. The minimum atomic E-state index is -4.66. The van der Waals surface area contributed by atoms with Crippen molar-refractivity contribution in [2.24, 2.45) is 0 Å². The molecule has 1 aromatic heterocycles. The van der Waals surface area contributed by atoms with Crippen molar-refractivity contribution < 1.29 is 22.9 Å². The van der Waals surface area contributed by atoms with Crippen LogP contribution >= 0.6 is 0 Å². The van der Waals surface area contributed by atoms with Crippen LogP contribution in [0, 0.1) is 21.4 Å². The second kappa shape index (κ2) is 9.75. The number of amides is 1. The van der Waals surface area contributed by atoms with Crippen molar-refractivity contribution in [3.63, 3.8) is 0 Å². The van der Waals surface area contributed by atoms with Gasteiger partial charge in [0.05, 0.1) is 27.8 Å². The molecule has 0 bridgehead atoms. The normalized spacial score (nSPS) is 17.6. The smallest absolute Gasteiger partial charge is 0.363 e. The summed E-state index contributed by atoms with van der Waals surface area (Å²) in [6, 6.07) is 13.4. The Labute approximate surface area is 215 Å². The number of carbonyl (C=O) groups excluding carboxylic acids is 1. The van der Waals surface area contributed by atoms with E-state index >= 15 is 0 Å². The number of hydrogen-bond acceptors (Lipinski definition) is 7. The average Bonchev–Trinajstić information content (AvgIpc) is 3.23. The van der Waals surface area contributed by atoms with Gasteiger partial charge >= 0.3 is 6.18 Å². The van der Waals surface area contributed by atoms with Crippen molar-refractivity contribution in [1.82, 2.24) is 9.88 Å². The molecule has 1 atom stereocenters. The minimum Gasteiger partial charge on any atom is -0.363 e. The standard InChI is InChI=1S/C26H21F3N6O3/c27-26(28,29)18-3-6-22(23(12-18)35(37)38)34-9-7-33(8-10-34)15-17-2-5-21(31-14-17)24-19-11-16(13-30)1-4-20(19)32-25(24)36/h1-6,11-12,14,24H,7-10,15H2,(H,32,36). The molecule has 2 aliphatic heterocycles. The summed E-state index contributed by atoms with van der Waals surface area (Å²) in [6.07, 6.45) is -2.96. The van der Waals surface area contributed by atoms with Crippen LogP contribution in [0.4, 0.5) is 30.2 Å². The number of nitro benzene ring substituents is 1. The molecule has 1 unspecified atom stereocenters. The fraction of sp³-hybridized carbons (Fsp3) is 0.269. The number of halogens is 3. The lowest BCUT2D eigenvalue weighted by Crippen LogP contribution is -2.46. The average molecular weight is 522 g/mol. The van der Waals surface area contributed by atoms with Crippen LogP contribution in [0.15, 0.2) is 54.7 Å². The Hall–Kier alpha value is -4.50. The third-order valence-electron chi connectivity index (χ3n) is 6.77. The highest BCUT2D eigenvalue weighted by Crippen LogP contribution is 2.38. The quantitative estimate of drug-likeness (QED) is 0.393. The van der Waals surface area contributed by atoms with Gasteiger partial charge in [0.1, 0.15) is 11.6 Å². The number of nitro groups is 1. The highest BCUT2D eigenvalue weighted by molar-refractivity contribution is 6.04. The first kappa shape index (κ1) is 25.2. The minimum absolute atomic E-state index is 0.170. The third-order valence-corrected chi connectivity index (χ3v) is 6.77. The summed E-state index contributed by atoms with van der Waals surface area (Å²) >= 11 is 0. The molecule has 0 saturated carbocycles. The number of nitriles is 1. The van der Waals surface area contributed by atoms with Gasteiger partial charge in [-0.1, -0.05) is 6.07 Å². The topological polar surface area (TPSA) is 115 Å². The zero-order valence-corrected chi connectivity index (χ0v) is 19.9. The summed E-state index contributed by atoms with van der Waals surface area (Å²) in [5.41, 5.74) is 1.87. The lowest BCUT2D eigenvalue weighted by Gasteiger charge is -2.35.